The molecule has 0 aromatic rings. The van der Waals surface area contributed by atoms with Crippen LogP contribution in [-0.2, 0) is 4.79 Å². The lowest BCUT2D eigenvalue weighted by atomic mass is 10.0. The summed E-state index contributed by atoms with van der Waals surface area (Å²) in [4.78, 5) is 10.6. The van der Waals surface area contributed by atoms with Gasteiger partial charge in [0, 0.05) is 0 Å². The number of carboxylic acid groups (broad SMARTS) is 1. The Hall–Kier alpha value is -0.530. The molecule has 2 fully saturated rings. The summed E-state index contributed by atoms with van der Waals surface area (Å²) < 4.78 is 0. The van der Waals surface area contributed by atoms with Gasteiger partial charge in [0.15, 0.2) is 0 Å². The second-order valence-electron chi connectivity index (χ2n) is 6.47. The molecule has 16 heavy (non-hydrogen) atoms. The van der Waals surface area contributed by atoms with E-state index in [2.05, 4.69) is 13.8 Å². The van der Waals surface area contributed by atoms with E-state index in [9.17, 15) is 4.79 Å². The smallest absolute Gasteiger partial charge is 0.306 e. The van der Waals surface area contributed by atoms with Crippen LogP contribution in [0.25, 0.3) is 0 Å². The normalized spacial score (nSPS) is 34.8. The van der Waals surface area contributed by atoms with E-state index >= 15 is 0 Å². The van der Waals surface area contributed by atoms with Crippen LogP contribution in [0, 0.1) is 23.2 Å². The van der Waals surface area contributed by atoms with E-state index in [1.54, 1.807) is 0 Å². The third kappa shape index (κ3) is 2.99. The zero-order chi connectivity index (χ0) is 11.8. The van der Waals surface area contributed by atoms with Crippen molar-refractivity contribution in [3.8, 4) is 0 Å². The van der Waals surface area contributed by atoms with Gasteiger partial charge in [-0.2, -0.15) is 0 Å². The molecule has 0 spiro atoms. The third-order valence-electron chi connectivity index (χ3n) is 4.58. The Morgan fingerprint density at radius 2 is 1.88 bits per heavy atom. The number of rotatable bonds is 7. The first-order chi connectivity index (χ1) is 7.50. The number of aliphatic carboxylic acids is 1. The minimum absolute atomic E-state index is 0.00219. The van der Waals surface area contributed by atoms with Crippen molar-refractivity contribution in [1.82, 2.24) is 0 Å². The maximum absolute atomic E-state index is 10.6. The van der Waals surface area contributed by atoms with Crippen LogP contribution in [0.15, 0.2) is 0 Å². The molecule has 0 radical (unpaired) electrons. The third-order valence-corrected chi connectivity index (χ3v) is 4.58. The summed E-state index contributed by atoms with van der Waals surface area (Å²) in [7, 11) is 0. The summed E-state index contributed by atoms with van der Waals surface area (Å²) in [5, 5.41) is 8.77. The van der Waals surface area contributed by atoms with Crippen molar-refractivity contribution in [3.63, 3.8) is 0 Å². The fourth-order valence-corrected chi connectivity index (χ4v) is 2.91. The molecule has 0 aliphatic heterocycles. The van der Waals surface area contributed by atoms with Crippen LogP contribution in [-0.4, -0.2) is 11.1 Å². The highest BCUT2D eigenvalue weighted by Gasteiger charge is 2.44. The van der Waals surface area contributed by atoms with Gasteiger partial charge in [-0.3, -0.25) is 4.79 Å². The van der Waals surface area contributed by atoms with Crippen LogP contribution in [0.2, 0.25) is 0 Å². The van der Waals surface area contributed by atoms with Gasteiger partial charge in [0.1, 0.15) is 0 Å². The summed E-state index contributed by atoms with van der Waals surface area (Å²) in [5.74, 6) is 0.905. The van der Waals surface area contributed by atoms with E-state index in [4.69, 9.17) is 5.11 Å². The lowest BCUT2D eigenvalue weighted by Gasteiger charge is -2.03. The van der Waals surface area contributed by atoms with Gasteiger partial charge in [0.25, 0.3) is 0 Å². The van der Waals surface area contributed by atoms with Crippen molar-refractivity contribution in [1.29, 1.82) is 0 Å². The molecule has 0 saturated heterocycles. The zero-order valence-corrected chi connectivity index (χ0v) is 10.5. The first-order valence-electron chi connectivity index (χ1n) is 6.73. The van der Waals surface area contributed by atoms with Gasteiger partial charge in [-0.1, -0.05) is 33.1 Å². The van der Waals surface area contributed by atoms with E-state index in [1.165, 1.54) is 32.1 Å². The molecular weight excluding hydrogens is 200 g/mol. The van der Waals surface area contributed by atoms with E-state index in [-0.39, 0.29) is 5.92 Å². The topological polar surface area (TPSA) is 37.3 Å². The second kappa shape index (κ2) is 4.38. The maximum atomic E-state index is 10.6. The van der Waals surface area contributed by atoms with E-state index in [1.807, 2.05) is 0 Å². The maximum Gasteiger partial charge on any atom is 0.306 e. The lowest BCUT2D eigenvalue weighted by Crippen LogP contribution is -1.99. The molecular formula is C14H24O2. The summed E-state index contributed by atoms with van der Waals surface area (Å²) in [5.41, 5.74) is 0.630. The molecule has 0 amide bonds. The number of hydrogen-bond donors (Lipinski definition) is 1. The van der Waals surface area contributed by atoms with E-state index < -0.39 is 5.97 Å². The van der Waals surface area contributed by atoms with Crippen LogP contribution >= 0.6 is 0 Å². The van der Waals surface area contributed by atoms with Crippen LogP contribution in [0.3, 0.4) is 0 Å². The first-order valence-corrected chi connectivity index (χ1v) is 6.73. The van der Waals surface area contributed by atoms with Gasteiger partial charge < -0.3 is 5.11 Å². The number of unbranched alkanes of at least 4 members (excludes halogenated alkanes) is 2. The first kappa shape index (κ1) is 11.9. The van der Waals surface area contributed by atoms with Crippen LogP contribution in [0.5, 0.6) is 0 Å². The molecule has 2 saturated carbocycles. The fourth-order valence-electron chi connectivity index (χ4n) is 2.91. The molecule has 3 atom stereocenters. The Morgan fingerprint density at radius 1 is 1.25 bits per heavy atom. The SMILES string of the molecule is CC1(C)CC1CCCCCC1CC1C(=O)O. The predicted molar refractivity (Wildman–Crippen MR) is 64.2 cm³/mol. The van der Waals surface area contributed by atoms with Crippen molar-refractivity contribution in [3.05, 3.63) is 0 Å². The summed E-state index contributed by atoms with van der Waals surface area (Å²) >= 11 is 0. The van der Waals surface area contributed by atoms with Crippen molar-refractivity contribution in [2.75, 3.05) is 0 Å². The average molecular weight is 224 g/mol. The molecule has 92 valence electrons. The Bertz CT molecular complexity index is 270. The van der Waals surface area contributed by atoms with Gasteiger partial charge in [-0.15, -0.1) is 0 Å². The molecule has 0 aromatic heterocycles. The molecule has 0 bridgehead atoms. The second-order valence-corrected chi connectivity index (χ2v) is 6.47. The predicted octanol–water partition coefficient (Wildman–Crippen LogP) is 3.70. The summed E-state index contributed by atoms with van der Waals surface area (Å²) in [6.45, 7) is 4.72. The Labute approximate surface area is 98.4 Å². The van der Waals surface area contributed by atoms with Gasteiger partial charge in [-0.25, -0.2) is 0 Å². The molecule has 1 N–H and O–H groups in total. The Kier molecular flexibility index (Phi) is 3.27. The van der Waals surface area contributed by atoms with E-state index in [0.717, 1.165) is 18.8 Å². The molecule has 2 aliphatic carbocycles. The molecule has 2 nitrogen and oxygen atoms in total. The van der Waals surface area contributed by atoms with Crippen LogP contribution in [0.4, 0.5) is 0 Å². The number of carbonyl (C=O) groups is 1. The molecule has 2 heteroatoms. The van der Waals surface area contributed by atoms with Gasteiger partial charge in [0.2, 0.25) is 0 Å². The minimum atomic E-state index is -0.579. The monoisotopic (exact) mass is 224 g/mol. The molecule has 2 aliphatic rings. The highest BCUT2D eigenvalue weighted by atomic mass is 16.4. The lowest BCUT2D eigenvalue weighted by molar-refractivity contribution is -0.138. The van der Waals surface area contributed by atoms with Crippen LogP contribution in [0.1, 0.15) is 58.8 Å². The Morgan fingerprint density at radius 3 is 2.38 bits per heavy atom. The van der Waals surface area contributed by atoms with Crippen LogP contribution < -0.4 is 0 Å². The van der Waals surface area contributed by atoms with E-state index in [0.29, 0.717) is 11.3 Å². The molecule has 2 rings (SSSR count). The number of carboxylic acids is 1. The fraction of sp³-hybridized carbons (Fsp3) is 0.929. The van der Waals surface area contributed by atoms with Crippen molar-refractivity contribution >= 4 is 5.97 Å². The average Bonchev–Trinajstić information content (AvgIpc) is 3.04. The Balaban J connectivity index is 1.44. The highest BCUT2D eigenvalue weighted by molar-refractivity contribution is 5.73. The minimum Gasteiger partial charge on any atom is -0.481 e. The van der Waals surface area contributed by atoms with Gasteiger partial charge in [0.05, 0.1) is 5.92 Å². The quantitative estimate of drug-likeness (QED) is 0.669. The molecule has 0 aromatic carbocycles. The van der Waals surface area contributed by atoms with Crippen molar-refractivity contribution < 1.29 is 9.90 Å². The highest BCUT2D eigenvalue weighted by Crippen LogP contribution is 2.54. The zero-order valence-electron chi connectivity index (χ0n) is 10.5. The largest absolute Gasteiger partial charge is 0.481 e. The van der Waals surface area contributed by atoms with Gasteiger partial charge in [-0.05, 0) is 42.9 Å². The molecule has 0 heterocycles. The van der Waals surface area contributed by atoms with Crippen molar-refractivity contribution in [2.24, 2.45) is 23.2 Å². The standard InChI is InChI=1S/C14H24O2/c1-14(2)9-11(14)7-5-3-4-6-10-8-12(10)13(15)16/h10-12H,3-9H2,1-2H3,(H,15,16). The van der Waals surface area contributed by atoms with Gasteiger partial charge >= 0.3 is 5.97 Å². The summed E-state index contributed by atoms with van der Waals surface area (Å²) in [6, 6.07) is 0. The molecule has 3 unspecified atom stereocenters. The number of hydrogen-bond acceptors (Lipinski definition) is 1. The van der Waals surface area contributed by atoms with Crippen molar-refractivity contribution in [2.45, 2.75) is 58.8 Å². The summed E-state index contributed by atoms with van der Waals surface area (Å²) in [6.07, 6.45) is 8.77.